The number of carbonyl (C=O) groups is 1. The van der Waals surface area contributed by atoms with Gasteiger partial charge in [-0.15, -0.1) is 0 Å². The predicted octanol–water partition coefficient (Wildman–Crippen LogP) is 3.03. The van der Waals surface area contributed by atoms with E-state index in [9.17, 15) is 4.79 Å². The van der Waals surface area contributed by atoms with Crippen LogP contribution in [-0.4, -0.2) is 47.7 Å². The highest BCUT2D eigenvalue weighted by Gasteiger charge is 2.25. The number of aromatic nitrogens is 1. The van der Waals surface area contributed by atoms with Crippen molar-refractivity contribution in [1.29, 1.82) is 0 Å². The molecule has 0 spiro atoms. The summed E-state index contributed by atoms with van der Waals surface area (Å²) in [5, 5.41) is 4.19. The lowest BCUT2D eigenvalue weighted by atomic mass is 10.1. The zero-order chi connectivity index (χ0) is 17.2. The molecule has 1 amide bonds. The zero-order valence-corrected chi connectivity index (χ0v) is 15.0. The highest BCUT2D eigenvalue weighted by molar-refractivity contribution is 6.00. The Balaban J connectivity index is 1.49. The summed E-state index contributed by atoms with van der Waals surface area (Å²) in [6.07, 6.45) is 4.97. The summed E-state index contributed by atoms with van der Waals surface area (Å²) in [7, 11) is 0. The zero-order valence-electron chi connectivity index (χ0n) is 15.0. The van der Waals surface area contributed by atoms with E-state index in [2.05, 4.69) is 27.8 Å². The molecule has 0 aliphatic carbocycles. The topological polar surface area (TPSA) is 46.5 Å². The summed E-state index contributed by atoms with van der Waals surface area (Å²) >= 11 is 0. The number of para-hydroxylation sites is 1. The Kier molecular flexibility index (Phi) is 4.66. The fourth-order valence-corrected chi connectivity index (χ4v) is 4.00. The number of nitrogens with zero attached hydrogens (tertiary/aromatic N) is 2. The fourth-order valence-electron chi connectivity index (χ4n) is 4.00. The van der Waals surface area contributed by atoms with E-state index in [1.165, 1.54) is 19.3 Å². The largest absolute Gasteiger partial charge is 0.486 e. The molecule has 2 aliphatic rings. The number of rotatable bonds is 5. The average Bonchev–Trinajstić information content (AvgIpc) is 3.03. The number of carbonyl (C=O) groups excluding carboxylic acids is 1. The van der Waals surface area contributed by atoms with Crippen molar-refractivity contribution in [1.82, 2.24) is 14.8 Å². The van der Waals surface area contributed by atoms with Crippen molar-refractivity contribution < 1.29 is 9.53 Å². The van der Waals surface area contributed by atoms with E-state index in [0.717, 1.165) is 54.9 Å². The third-order valence-electron chi connectivity index (χ3n) is 5.41. The van der Waals surface area contributed by atoms with Crippen molar-refractivity contribution in [2.75, 3.05) is 26.2 Å². The van der Waals surface area contributed by atoms with Gasteiger partial charge in [0.05, 0.1) is 12.1 Å². The van der Waals surface area contributed by atoms with Gasteiger partial charge in [0.15, 0.2) is 0 Å². The molecule has 5 nitrogen and oxygen atoms in total. The second kappa shape index (κ2) is 7.08. The first-order valence-electron chi connectivity index (χ1n) is 9.55. The van der Waals surface area contributed by atoms with Crippen LogP contribution < -0.4 is 10.1 Å². The smallest absolute Gasteiger partial charge is 0.267 e. The molecule has 1 saturated heterocycles. The Hall–Kier alpha value is -2.01. The Bertz CT molecular complexity index is 762. The first kappa shape index (κ1) is 16.5. The highest BCUT2D eigenvalue weighted by atomic mass is 16.5. The molecule has 0 unspecified atom stereocenters. The molecule has 0 saturated carbocycles. The first-order valence-corrected chi connectivity index (χ1v) is 9.55. The number of hydrogen-bond donors (Lipinski definition) is 1. The number of amides is 1. The Morgan fingerprint density at radius 1 is 1.28 bits per heavy atom. The molecule has 1 aromatic heterocycles. The van der Waals surface area contributed by atoms with Crippen molar-refractivity contribution in [3.63, 3.8) is 0 Å². The maximum Gasteiger partial charge on any atom is 0.267 e. The van der Waals surface area contributed by atoms with Gasteiger partial charge < -0.3 is 19.5 Å². The summed E-state index contributed by atoms with van der Waals surface area (Å²) in [6.45, 7) is 6.84. The Labute approximate surface area is 148 Å². The van der Waals surface area contributed by atoms with E-state index >= 15 is 0 Å². The summed E-state index contributed by atoms with van der Waals surface area (Å²) in [4.78, 5) is 15.2. The van der Waals surface area contributed by atoms with Crippen LogP contribution in [0.15, 0.2) is 24.3 Å². The Morgan fingerprint density at radius 3 is 2.92 bits per heavy atom. The van der Waals surface area contributed by atoms with Crippen LogP contribution in [0.2, 0.25) is 0 Å². The summed E-state index contributed by atoms with van der Waals surface area (Å²) in [5.41, 5.74) is 1.80. The molecule has 0 bridgehead atoms. The van der Waals surface area contributed by atoms with Gasteiger partial charge in [0.2, 0.25) is 0 Å². The molecule has 3 heterocycles. The predicted molar refractivity (Wildman–Crippen MR) is 99.3 cm³/mol. The minimum Gasteiger partial charge on any atom is -0.486 e. The monoisotopic (exact) mass is 341 g/mol. The normalized spacial score (nSPS) is 20.4. The van der Waals surface area contributed by atoms with Gasteiger partial charge >= 0.3 is 0 Å². The van der Waals surface area contributed by atoms with E-state index in [1.54, 1.807) is 0 Å². The maximum atomic E-state index is 12.8. The van der Waals surface area contributed by atoms with Crippen LogP contribution in [0.5, 0.6) is 5.75 Å². The van der Waals surface area contributed by atoms with Gasteiger partial charge in [0.25, 0.3) is 5.91 Å². The van der Waals surface area contributed by atoms with Gasteiger partial charge in [-0.05, 0) is 44.5 Å². The molecule has 1 fully saturated rings. The van der Waals surface area contributed by atoms with Gasteiger partial charge in [-0.25, -0.2) is 0 Å². The molecular formula is C20H27N3O2. The van der Waals surface area contributed by atoms with Gasteiger partial charge in [0.1, 0.15) is 17.5 Å². The first-order chi connectivity index (χ1) is 12.3. The lowest BCUT2D eigenvalue weighted by molar-refractivity contribution is 0.0931. The number of likely N-dealkylation sites (tertiary alicyclic amines) is 1. The van der Waals surface area contributed by atoms with Crippen molar-refractivity contribution in [3.05, 3.63) is 30.0 Å². The summed E-state index contributed by atoms with van der Waals surface area (Å²) in [5.74, 6) is 0.916. The molecule has 4 rings (SSSR count). The summed E-state index contributed by atoms with van der Waals surface area (Å²) < 4.78 is 8.18. The number of piperidine rings is 1. The lowest BCUT2D eigenvalue weighted by Gasteiger charge is -2.27. The minimum absolute atomic E-state index is 0.0240. The van der Waals surface area contributed by atoms with E-state index in [-0.39, 0.29) is 12.0 Å². The van der Waals surface area contributed by atoms with E-state index in [0.29, 0.717) is 6.54 Å². The quantitative estimate of drug-likeness (QED) is 0.909. The molecule has 5 heteroatoms. The minimum atomic E-state index is 0.0240. The van der Waals surface area contributed by atoms with Crippen LogP contribution in [0.1, 0.15) is 43.1 Å². The molecule has 1 aromatic carbocycles. The molecule has 1 N–H and O–H groups in total. The fraction of sp³-hybridized carbons (Fsp3) is 0.550. The standard InChI is InChI=1S/C20H27N3O2/c1-2-16-14-23-17(13-15-7-6-8-18(25-16)19(15)23)20(24)21-9-12-22-10-4-3-5-11-22/h6-8,13,16H,2-5,9-12,14H2,1H3,(H,21,24)/t16-/m1/s1. The van der Waals surface area contributed by atoms with Crippen molar-refractivity contribution in [3.8, 4) is 5.75 Å². The van der Waals surface area contributed by atoms with Gasteiger partial charge in [0, 0.05) is 18.5 Å². The second-order valence-electron chi connectivity index (χ2n) is 7.14. The number of benzene rings is 1. The molecule has 1 atom stereocenters. The van der Waals surface area contributed by atoms with Crippen LogP contribution in [0.4, 0.5) is 0 Å². The molecular weight excluding hydrogens is 314 g/mol. The summed E-state index contributed by atoms with van der Waals surface area (Å²) in [6, 6.07) is 8.04. The SMILES string of the molecule is CC[C@@H]1Cn2c(C(=O)NCCN3CCCCC3)cc3cccc(c32)O1. The van der Waals surface area contributed by atoms with Crippen molar-refractivity contribution in [2.45, 2.75) is 45.3 Å². The van der Waals surface area contributed by atoms with Crippen LogP contribution in [0.3, 0.4) is 0 Å². The molecule has 0 radical (unpaired) electrons. The lowest BCUT2D eigenvalue weighted by Crippen LogP contribution is -2.38. The molecule has 134 valence electrons. The van der Waals surface area contributed by atoms with E-state index < -0.39 is 0 Å². The van der Waals surface area contributed by atoms with E-state index in [4.69, 9.17) is 4.74 Å². The van der Waals surface area contributed by atoms with Gasteiger partial charge in [-0.2, -0.15) is 0 Å². The molecule has 2 aliphatic heterocycles. The second-order valence-corrected chi connectivity index (χ2v) is 7.14. The molecule has 25 heavy (non-hydrogen) atoms. The van der Waals surface area contributed by atoms with Gasteiger partial charge in [-0.3, -0.25) is 4.79 Å². The third-order valence-corrected chi connectivity index (χ3v) is 5.41. The third kappa shape index (κ3) is 3.25. The van der Waals surface area contributed by atoms with Crippen molar-refractivity contribution >= 4 is 16.8 Å². The van der Waals surface area contributed by atoms with Crippen LogP contribution in [-0.2, 0) is 6.54 Å². The molecule has 2 aromatic rings. The number of ether oxygens (including phenoxy) is 1. The number of nitrogens with one attached hydrogen (secondary N) is 1. The van der Waals surface area contributed by atoms with Crippen LogP contribution >= 0.6 is 0 Å². The van der Waals surface area contributed by atoms with E-state index in [1.807, 2.05) is 18.2 Å². The highest BCUT2D eigenvalue weighted by Crippen LogP contribution is 2.34. The van der Waals surface area contributed by atoms with Crippen molar-refractivity contribution in [2.24, 2.45) is 0 Å². The Morgan fingerprint density at radius 2 is 2.12 bits per heavy atom. The number of hydrogen-bond acceptors (Lipinski definition) is 3. The van der Waals surface area contributed by atoms with Crippen LogP contribution in [0.25, 0.3) is 10.9 Å². The maximum absolute atomic E-state index is 12.8. The average molecular weight is 341 g/mol. The van der Waals surface area contributed by atoms with Crippen LogP contribution in [0, 0.1) is 0 Å². The van der Waals surface area contributed by atoms with Gasteiger partial charge in [-0.1, -0.05) is 25.5 Å².